The molecular weight excluding hydrogens is 260 g/mol. The minimum Gasteiger partial charge on any atom is -0.356 e. The number of piperidine rings is 1. The fourth-order valence-corrected chi connectivity index (χ4v) is 3.54. The maximum atomic E-state index is 4.38. The van der Waals surface area contributed by atoms with Crippen molar-refractivity contribution in [3.63, 3.8) is 0 Å². The third-order valence-corrected chi connectivity index (χ3v) is 5.26. The van der Waals surface area contributed by atoms with Crippen LogP contribution in [0.15, 0.2) is 4.99 Å². The Morgan fingerprint density at radius 2 is 1.76 bits per heavy atom. The second kappa shape index (κ2) is 8.62. The van der Waals surface area contributed by atoms with Gasteiger partial charge in [-0.25, -0.2) is 0 Å². The van der Waals surface area contributed by atoms with Crippen molar-refractivity contribution in [2.45, 2.75) is 57.9 Å². The smallest absolute Gasteiger partial charge is 0.191 e. The van der Waals surface area contributed by atoms with E-state index in [1.54, 1.807) is 0 Å². The van der Waals surface area contributed by atoms with Crippen LogP contribution in [0.1, 0.15) is 51.9 Å². The summed E-state index contributed by atoms with van der Waals surface area (Å²) in [5, 5.41) is 7.11. The lowest BCUT2D eigenvalue weighted by Gasteiger charge is -2.30. The van der Waals surface area contributed by atoms with Crippen LogP contribution in [0.5, 0.6) is 0 Å². The van der Waals surface area contributed by atoms with Gasteiger partial charge in [-0.05, 0) is 76.9 Å². The number of likely N-dealkylation sites (tertiary alicyclic amines) is 1. The first-order chi connectivity index (χ1) is 10.2. The molecule has 2 aliphatic rings. The van der Waals surface area contributed by atoms with Gasteiger partial charge >= 0.3 is 0 Å². The zero-order valence-corrected chi connectivity index (χ0v) is 14.2. The predicted molar refractivity (Wildman–Crippen MR) is 90.8 cm³/mol. The lowest BCUT2D eigenvalue weighted by molar-refractivity contribution is 0.213. The molecule has 4 heteroatoms. The molecular formula is C17H34N4. The summed E-state index contributed by atoms with van der Waals surface area (Å²) in [4.78, 5) is 6.82. The molecule has 1 aliphatic carbocycles. The highest BCUT2D eigenvalue weighted by Gasteiger charge is 2.19. The van der Waals surface area contributed by atoms with E-state index < -0.39 is 0 Å². The lowest BCUT2D eigenvalue weighted by atomic mass is 9.87. The van der Waals surface area contributed by atoms with E-state index in [1.807, 2.05) is 7.05 Å². The highest BCUT2D eigenvalue weighted by atomic mass is 15.2. The topological polar surface area (TPSA) is 39.7 Å². The summed E-state index contributed by atoms with van der Waals surface area (Å²) >= 11 is 0. The van der Waals surface area contributed by atoms with Gasteiger partial charge in [0, 0.05) is 19.6 Å². The Kier molecular flexibility index (Phi) is 6.81. The molecule has 0 aromatic carbocycles. The van der Waals surface area contributed by atoms with Crippen LogP contribution in [-0.4, -0.2) is 50.6 Å². The number of nitrogens with one attached hydrogen (secondary N) is 2. The first-order valence-electron chi connectivity index (χ1n) is 8.83. The Labute approximate surface area is 130 Å². The minimum atomic E-state index is 0.621. The number of hydrogen-bond donors (Lipinski definition) is 2. The first-order valence-corrected chi connectivity index (χ1v) is 8.83. The second-order valence-electron chi connectivity index (χ2n) is 7.14. The second-order valence-corrected chi connectivity index (χ2v) is 7.14. The molecule has 1 heterocycles. The van der Waals surface area contributed by atoms with E-state index in [0.717, 1.165) is 24.3 Å². The molecule has 1 saturated carbocycles. The van der Waals surface area contributed by atoms with E-state index in [1.165, 1.54) is 58.0 Å². The average molecular weight is 294 g/mol. The van der Waals surface area contributed by atoms with Crippen molar-refractivity contribution in [3.05, 3.63) is 0 Å². The molecule has 2 rings (SSSR count). The Balaban J connectivity index is 1.61. The van der Waals surface area contributed by atoms with Crippen LogP contribution in [0.3, 0.4) is 0 Å². The normalized spacial score (nSPS) is 29.4. The molecule has 122 valence electrons. The van der Waals surface area contributed by atoms with Crippen LogP contribution >= 0.6 is 0 Å². The van der Waals surface area contributed by atoms with E-state index in [4.69, 9.17) is 0 Å². The third-order valence-electron chi connectivity index (χ3n) is 5.26. The molecule has 21 heavy (non-hydrogen) atoms. The molecule has 1 aliphatic heterocycles. The summed E-state index contributed by atoms with van der Waals surface area (Å²) in [6, 6.07) is 0.621. The summed E-state index contributed by atoms with van der Waals surface area (Å²) in [6.45, 7) is 5.94. The molecule has 0 radical (unpaired) electrons. The standard InChI is InChI=1S/C17H34N4/c1-14-4-6-16(7-5-14)20-17(18-2)19-11-8-15-9-12-21(3)13-10-15/h14-16H,4-13H2,1-3H3,(H2,18,19,20). The van der Waals surface area contributed by atoms with Gasteiger partial charge in [-0.15, -0.1) is 0 Å². The van der Waals surface area contributed by atoms with E-state index in [0.29, 0.717) is 6.04 Å². The van der Waals surface area contributed by atoms with Gasteiger partial charge in [0.25, 0.3) is 0 Å². The van der Waals surface area contributed by atoms with Crippen molar-refractivity contribution in [2.24, 2.45) is 16.8 Å². The molecule has 0 unspecified atom stereocenters. The van der Waals surface area contributed by atoms with Gasteiger partial charge in [0.1, 0.15) is 0 Å². The SMILES string of the molecule is CN=C(NCCC1CCN(C)CC1)NC1CCC(C)CC1. The zero-order valence-electron chi connectivity index (χ0n) is 14.2. The van der Waals surface area contributed by atoms with Gasteiger partial charge < -0.3 is 15.5 Å². The van der Waals surface area contributed by atoms with Gasteiger partial charge in [-0.3, -0.25) is 4.99 Å². The molecule has 1 saturated heterocycles. The maximum Gasteiger partial charge on any atom is 0.191 e. The van der Waals surface area contributed by atoms with Crippen LogP contribution in [0.4, 0.5) is 0 Å². The summed E-state index contributed by atoms with van der Waals surface area (Å²) in [6.07, 6.45) is 9.26. The monoisotopic (exact) mass is 294 g/mol. The third kappa shape index (κ3) is 5.85. The van der Waals surface area contributed by atoms with Crippen molar-refractivity contribution in [3.8, 4) is 0 Å². The van der Waals surface area contributed by atoms with Crippen LogP contribution < -0.4 is 10.6 Å². The van der Waals surface area contributed by atoms with Crippen molar-refractivity contribution in [1.82, 2.24) is 15.5 Å². The minimum absolute atomic E-state index is 0.621. The highest BCUT2D eigenvalue weighted by molar-refractivity contribution is 5.79. The average Bonchev–Trinajstić information content (AvgIpc) is 2.50. The Bertz CT molecular complexity index is 313. The molecule has 2 fully saturated rings. The number of hydrogen-bond acceptors (Lipinski definition) is 2. The van der Waals surface area contributed by atoms with E-state index in [2.05, 4.69) is 34.5 Å². The number of aliphatic imine (C=N–C) groups is 1. The first kappa shape index (κ1) is 16.6. The largest absolute Gasteiger partial charge is 0.356 e. The number of guanidine groups is 1. The van der Waals surface area contributed by atoms with Gasteiger partial charge in [0.05, 0.1) is 0 Å². The van der Waals surface area contributed by atoms with E-state index in [-0.39, 0.29) is 0 Å². The van der Waals surface area contributed by atoms with Gasteiger partial charge in [0.15, 0.2) is 5.96 Å². The predicted octanol–water partition coefficient (Wildman–Crippen LogP) is 2.46. The molecule has 4 nitrogen and oxygen atoms in total. The Morgan fingerprint density at radius 3 is 2.38 bits per heavy atom. The van der Waals surface area contributed by atoms with Gasteiger partial charge in [-0.1, -0.05) is 6.92 Å². The Hall–Kier alpha value is -0.770. The molecule has 0 aromatic rings. The number of nitrogens with zero attached hydrogens (tertiary/aromatic N) is 2. The summed E-state index contributed by atoms with van der Waals surface area (Å²) in [7, 11) is 4.11. The van der Waals surface area contributed by atoms with Gasteiger partial charge in [-0.2, -0.15) is 0 Å². The molecule has 2 N–H and O–H groups in total. The van der Waals surface area contributed by atoms with Crippen LogP contribution in [0, 0.1) is 11.8 Å². The van der Waals surface area contributed by atoms with Gasteiger partial charge in [0.2, 0.25) is 0 Å². The van der Waals surface area contributed by atoms with Crippen LogP contribution in [-0.2, 0) is 0 Å². The fourth-order valence-electron chi connectivity index (χ4n) is 3.54. The molecule has 0 bridgehead atoms. The Morgan fingerprint density at radius 1 is 1.10 bits per heavy atom. The lowest BCUT2D eigenvalue weighted by Crippen LogP contribution is -2.45. The summed E-state index contributed by atoms with van der Waals surface area (Å²) in [5.74, 6) is 2.80. The molecule has 0 amide bonds. The van der Waals surface area contributed by atoms with E-state index in [9.17, 15) is 0 Å². The fraction of sp³-hybridized carbons (Fsp3) is 0.941. The maximum absolute atomic E-state index is 4.38. The van der Waals surface area contributed by atoms with Crippen molar-refractivity contribution < 1.29 is 0 Å². The quantitative estimate of drug-likeness (QED) is 0.618. The van der Waals surface area contributed by atoms with Crippen molar-refractivity contribution in [2.75, 3.05) is 33.7 Å². The van der Waals surface area contributed by atoms with Crippen molar-refractivity contribution >= 4 is 5.96 Å². The molecule has 0 aromatic heterocycles. The summed E-state index contributed by atoms with van der Waals surface area (Å²) in [5.41, 5.74) is 0. The van der Waals surface area contributed by atoms with Crippen molar-refractivity contribution in [1.29, 1.82) is 0 Å². The van der Waals surface area contributed by atoms with E-state index >= 15 is 0 Å². The molecule has 0 atom stereocenters. The number of rotatable bonds is 4. The van der Waals surface area contributed by atoms with Crippen LogP contribution in [0.2, 0.25) is 0 Å². The zero-order chi connectivity index (χ0) is 15.1. The van der Waals surface area contributed by atoms with Crippen LogP contribution in [0.25, 0.3) is 0 Å². The highest BCUT2D eigenvalue weighted by Crippen LogP contribution is 2.23. The molecule has 0 spiro atoms. The summed E-state index contributed by atoms with van der Waals surface area (Å²) < 4.78 is 0.